The van der Waals surface area contributed by atoms with Crippen LogP contribution in [0.3, 0.4) is 0 Å². The van der Waals surface area contributed by atoms with Gasteiger partial charge in [-0.1, -0.05) is 39.3 Å². The average molecular weight is 233 g/mol. The molecule has 86 valence electrons. The number of nitrogens with two attached hydrogens (primary N) is 2. The quantitative estimate of drug-likeness (QED) is 0.714. The molecule has 0 amide bonds. The van der Waals surface area contributed by atoms with Crippen molar-refractivity contribution in [3.8, 4) is 0 Å². The zero-order valence-electron chi connectivity index (χ0n) is 10.8. The molecule has 0 aliphatic rings. The summed E-state index contributed by atoms with van der Waals surface area (Å²) in [6, 6.07) is 0. The summed E-state index contributed by atoms with van der Waals surface area (Å²) in [7, 11) is -2.60. The Morgan fingerprint density at radius 2 is 1.29 bits per heavy atom. The van der Waals surface area contributed by atoms with E-state index in [0.29, 0.717) is 0 Å². The Morgan fingerprint density at radius 3 is 1.50 bits per heavy atom. The highest BCUT2D eigenvalue weighted by Crippen LogP contribution is 2.32. The van der Waals surface area contributed by atoms with Gasteiger partial charge < -0.3 is 11.5 Å². The summed E-state index contributed by atoms with van der Waals surface area (Å²) in [4.78, 5) is 0.124. The normalized spacial score (nSPS) is 14.6. The summed E-state index contributed by atoms with van der Waals surface area (Å²) >= 11 is 0. The van der Waals surface area contributed by atoms with Crippen molar-refractivity contribution in [3.63, 3.8) is 0 Å². The zero-order valence-corrected chi connectivity index (χ0v) is 12.8. The van der Waals surface area contributed by atoms with Gasteiger partial charge in [0.15, 0.2) is 0 Å². The molecular formula is C10H28N2Si2. The van der Waals surface area contributed by atoms with Crippen LogP contribution in [0, 0.1) is 0 Å². The molecule has 0 unspecified atom stereocenters. The molecule has 0 aromatic heterocycles. The van der Waals surface area contributed by atoms with Crippen molar-refractivity contribution in [2.24, 2.45) is 11.5 Å². The summed E-state index contributed by atoms with van der Waals surface area (Å²) in [6.07, 6.45) is 2.19. The molecule has 4 N–H and O–H groups in total. The minimum absolute atomic E-state index is 0.124. The highest BCUT2D eigenvalue weighted by atomic mass is 28.4. The molecule has 0 saturated carbocycles. The largest absolute Gasteiger partial charge is 0.330 e. The van der Waals surface area contributed by atoms with Gasteiger partial charge in [0.2, 0.25) is 0 Å². The smallest absolute Gasteiger partial charge is 0.0634 e. The van der Waals surface area contributed by atoms with Gasteiger partial charge in [0.1, 0.15) is 0 Å². The summed E-state index contributed by atoms with van der Waals surface area (Å²) in [5, 5.41) is 0. The minimum atomic E-state index is -1.30. The zero-order chi connectivity index (χ0) is 11.6. The lowest BCUT2D eigenvalue weighted by molar-refractivity contribution is 0.628. The highest BCUT2D eigenvalue weighted by Gasteiger charge is 2.48. The first-order chi connectivity index (χ1) is 6.06. The van der Waals surface area contributed by atoms with Crippen molar-refractivity contribution in [1.29, 1.82) is 0 Å². The van der Waals surface area contributed by atoms with Crippen molar-refractivity contribution in [3.05, 3.63) is 0 Å². The van der Waals surface area contributed by atoms with E-state index in [1.165, 1.54) is 0 Å². The molecule has 0 aliphatic heterocycles. The second-order valence-corrected chi connectivity index (χ2v) is 17.6. The molecule has 0 radical (unpaired) electrons. The molecule has 4 heteroatoms. The Morgan fingerprint density at radius 1 is 0.929 bits per heavy atom. The maximum Gasteiger partial charge on any atom is 0.0634 e. The predicted octanol–water partition coefficient (Wildman–Crippen LogP) is 2.18. The van der Waals surface area contributed by atoms with E-state index < -0.39 is 16.1 Å². The van der Waals surface area contributed by atoms with Crippen molar-refractivity contribution in [1.82, 2.24) is 0 Å². The molecule has 0 aromatic rings. The fraction of sp³-hybridized carbons (Fsp3) is 1.00. The van der Waals surface area contributed by atoms with E-state index in [1.807, 2.05) is 0 Å². The average Bonchev–Trinajstić information content (AvgIpc) is 1.95. The summed E-state index contributed by atoms with van der Waals surface area (Å²) in [6.45, 7) is 15.1. The third-order valence-electron chi connectivity index (χ3n) is 3.45. The van der Waals surface area contributed by atoms with Gasteiger partial charge in [0.25, 0.3) is 0 Å². The van der Waals surface area contributed by atoms with Crippen LogP contribution in [-0.2, 0) is 0 Å². The fourth-order valence-corrected chi connectivity index (χ4v) is 13.1. The van der Waals surface area contributed by atoms with Crippen LogP contribution in [0.25, 0.3) is 0 Å². The van der Waals surface area contributed by atoms with Gasteiger partial charge in [-0.3, -0.25) is 0 Å². The lowest BCUT2D eigenvalue weighted by atomic mass is 10.3. The summed E-state index contributed by atoms with van der Waals surface area (Å²) < 4.78 is 0. The van der Waals surface area contributed by atoms with E-state index in [9.17, 15) is 0 Å². The van der Waals surface area contributed by atoms with Crippen LogP contribution < -0.4 is 11.5 Å². The molecule has 0 bridgehead atoms. The predicted molar refractivity (Wildman–Crippen MR) is 71.9 cm³/mol. The first-order valence-corrected chi connectivity index (χ1v) is 12.6. The Hall–Kier alpha value is 0.354. The van der Waals surface area contributed by atoms with Gasteiger partial charge >= 0.3 is 0 Å². The minimum Gasteiger partial charge on any atom is -0.330 e. The molecule has 2 nitrogen and oxygen atoms in total. The lowest BCUT2D eigenvalue weighted by Gasteiger charge is -2.49. The molecule has 14 heavy (non-hydrogen) atoms. The monoisotopic (exact) mass is 232 g/mol. The van der Waals surface area contributed by atoms with E-state index in [2.05, 4.69) is 39.3 Å². The van der Waals surface area contributed by atoms with Crippen LogP contribution in [-0.4, -0.2) is 27.5 Å². The summed E-state index contributed by atoms with van der Waals surface area (Å²) in [5.74, 6) is 0. The Labute approximate surface area is 91.5 Å². The third-order valence-corrected chi connectivity index (χ3v) is 13.8. The van der Waals surface area contributed by atoms with Crippen molar-refractivity contribution >= 4 is 16.1 Å². The topological polar surface area (TPSA) is 52.0 Å². The van der Waals surface area contributed by atoms with Gasteiger partial charge in [0.05, 0.1) is 16.1 Å². The Balaban J connectivity index is 4.87. The number of rotatable bonds is 5. The first kappa shape index (κ1) is 14.4. The van der Waals surface area contributed by atoms with Crippen molar-refractivity contribution < 1.29 is 0 Å². The van der Waals surface area contributed by atoms with E-state index in [1.54, 1.807) is 0 Å². The second kappa shape index (κ2) is 4.47. The maximum atomic E-state index is 6.71. The first-order valence-electron chi connectivity index (χ1n) is 5.55. The fourth-order valence-electron chi connectivity index (χ4n) is 2.26. The van der Waals surface area contributed by atoms with Crippen molar-refractivity contribution in [2.45, 2.75) is 56.9 Å². The Kier molecular flexibility index (Phi) is 4.58. The maximum absolute atomic E-state index is 6.71. The van der Waals surface area contributed by atoms with E-state index in [4.69, 9.17) is 11.5 Å². The second-order valence-electron chi connectivity index (χ2n) is 6.36. The van der Waals surface area contributed by atoms with E-state index in [-0.39, 0.29) is 4.79 Å². The lowest BCUT2D eigenvalue weighted by Crippen LogP contribution is -2.72. The van der Waals surface area contributed by atoms with Crippen LogP contribution in [0.2, 0.25) is 39.3 Å². The molecule has 0 heterocycles. The van der Waals surface area contributed by atoms with Gasteiger partial charge in [-0.25, -0.2) is 0 Å². The van der Waals surface area contributed by atoms with Crippen LogP contribution in [0.15, 0.2) is 0 Å². The third kappa shape index (κ3) is 2.92. The molecule has 0 rings (SSSR count). The molecule has 0 spiro atoms. The molecule has 0 atom stereocenters. The van der Waals surface area contributed by atoms with Crippen LogP contribution in [0.1, 0.15) is 12.8 Å². The molecule has 0 aliphatic carbocycles. The summed E-state index contributed by atoms with van der Waals surface area (Å²) in [5.41, 5.74) is 12.3. The molecular weight excluding hydrogens is 204 g/mol. The SMILES string of the molecule is C[Si](C)(C)C(N)(CCCN)[Si](C)(C)C. The standard InChI is InChI=1S/C10H28N2Si2/c1-13(2,3)10(12,8-7-9-11)14(4,5)6/h7-9,11-12H2,1-6H3. The van der Waals surface area contributed by atoms with Crippen LogP contribution in [0.4, 0.5) is 0 Å². The highest BCUT2D eigenvalue weighted by molar-refractivity contribution is 6.98. The van der Waals surface area contributed by atoms with Crippen LogP contribution >= 0.6 is 0 Å². The van der Waals surface area contributed by atoms with Crippen LogP contribution in [0.5, 0.6) is 0 Å². The van der Waals surface area contributed by atoms with Gasteiger partial charge in [-0.05, 0) is 19.4 Å². The Bertz CT molecular complexity index is 166. The number of hydrogen-bond acceptors (Lipinski definition) is 2. The van der Waals surface area contributed by atoms with Gasteiger partial charge in [0, 0.05) is 4.79 Å². The van der Waals surface area contributed by atoms with Gasteiger partial charge in [-0.2, -0.15) is 0 Å². The van der Waals surface area contributed by atoms with Crippen molar-refractivity contribution in [2.75, 3.05) is 6.54 Å². The van der Waals surface area contributed by atoms with E-state index >= 15 is 0 Å². The van der Waals surface area contributed by atoms with E-state index in [0.717, 1.165) is 19.4 Å². The number of hydrogen-bond donors (Lipinski definition) is 2. The molecule has 0 aromatic carbocycles. The van der Waals surface area contributed by atoms with Gasteiger partial charge in [-0.15, -0.1) is 0 Å². The molecule has 0 fully saturated rings. The molecule has 0 saturated heterocycles.